The van der Waals surface area contributed by atoms with E-state index in [9.17, 15) is 13.2 Å². The molecule has 0 fully saturated rings. The summed E-state index contributed by atoms with van der Waals surface area (Å²) in [6, 6.07) is 0. The second kappa shape index (κ2) is 6.15. The van der Waals surface area contributed by atoms with Gasteiger partial charge in [0.15, 0.2) is 0 Å². The standard InChI is InChI=1S/C9H15F3N4S/c1-2-6(3-4-13)5-14-8-15-7(16-17-8)9(10,11)12/h6H,2-5,13H2,1H3,(H,14,15,16). The molecule has 3 N–H and O–H groups in total. The van der Waals surface area contributed by atoms with E-state index >= 15 is 0 Å². The van der Waals surface area contributed by atoms with E-state index in [2.05, 4.69) is 14.7 Å². The van der Waals surface area contributed by atoms with Gasteiger partial charge in [0.25, 0.3) is 0 Å². The Morgan fingerprint density at radius 1 is 1.47 bits per heavy atom. The van der Waals surface area contributed by atoms with Crippen molar-refractivity contribution in [1.29, 1.82) is 0 Å². The maximum absolute atomic E-state index is 12.2. The summed E-state index contributed by atoms with van der Waals surface area (Å²) in [5.41, 5.74) is 5.43. The molecule has 1 atom stereocenters. The highest BCUT2D eigenvalue weighted by Gasteiger charge is 2.36. The van der Waals surface area contributed by atoms with Crippen LogP contribution in [0.15, 0.2) is 0 Å². The number of aromatic nitrogens is 2. The number of nitrogens with two attached hydrogens (primary N) is 1. The topological polar surface area (TPSA) is 63.8 Å². The second-order valence-corrected chi connectivity index (χ2v) is 4.41. The van der Waals surface area contributed by atoms with Gasteiger partial charge < -0.3 is 11.1 Å². The Balaban J connectivity index is 2.49. The van der Waals surface area contributed by atoms with Crippen LogP contribution in [0.3, 0.4) is 0 Å². The maximum atomic E-state index is 12.2. The fourth-order valence-corrected chi connectivity index (χ4v) is 1.92. The SMILES string of the molecule is CCC(CCN)CNc1nc(C(F)(F)F)ns1. The smallest absolute Gasteiger partial charge is 0.360 e. The zero-order chi connectivity index (χ0) is 12.9. The first-order chi connectivity index (χ1) is 7.97. The molecular formula is C9H15F3N4S. The van der Waals surface area contributed by atoms with Gasteiger partial charge in [-0.2, -0.15) is 22.5 Å². The van der Waals surface area contributed by atoms with Gasteiger partial charge in [0, 0.05) is 18.1 Å². The lowest BCUT2D eigenvalue weighted by molar-refractivity contribution is -0.144. The number of nitrogens with one attached hydrogen (secondary N) is 1. The summed E-state index contributed by atoms with van der Waals surface area (Å²) in [5.74, 6) is -0.741. The summed E-state index contributed by atoms with van der Waals surface area (Å²) in [6.07, 6.45) is -2.71. The average molecular weight is 268 g/mol. The summed E-state index contributed by atoms with van der Waals surface area (Å²) in [4.78, 5) is 3.39. The zero-order valence-corrected chi connectivity index (χ0v) is 10.2. The minimum atomic E-state index is -4.47. The van der Waals surface area contributed by atoms with Gasteiger partial charge in [0.1, 0.15) is 0 Å². The number of hydrogen-bond donors (Lipinski definition) is 2. The van der Waals surface area contributed by atoms with Crippen LogP contribution in [0, 0.1) is 5.92 Å². The number of anilines is 1. The van der Waals surface area contributed by atoms with Crippen LogP contribution >= 0.6 is 11.5 Å². The minimum Gasteiger partial charge on any atom is -0.360 e. The lowest BCUT2D eigenvalue weighted by Gasteiger charge is -2.13. The van der Waals surface area contributed by atoms with Gasteiger partial charge in [-0.15, -0.1) is 0 Å². The van der Waals surface area contributed by atoms with Crippen LogP contribution in [0.1, 0.15) is 25.6 Å². The fraction of sp³-hybridized carbons (Fsp3) is 0.778. The van der Waals surface area contributed by atoms with E-state index in [1.165, 1.54) is 0 Å². The Hall–Kier alpha value is -0.890. The van der Waals surface area contributed by atoms with Crippen molar-refractivity contribution in [2.45, 2.75) is 25.9 Å². The highest BCUT2D eigenvalue weighted by atomic mass is 32.1. The number of nitrogens with zero attached hydrogens (tertiary/aromatic N) is 2. The van der Waals surface area contributed by atoms with Gasteiger partial charge >= 0.3 is 6.18 Å². The summed E-state index contributed by atoms with van der Waals surface area (Å²) in [5, 5.41) is 3.06. The molecule has 0 aromatic carbocycles. The molecule has 0 spiro atoms. The minimum absolute atomic E-state index is 0.202. The summed E-state index contributed by atoms with van der Waals surface area (Å²) in [7, 11) is 0. The van der Waals surface area contributed by atoms with Crippen LogP contribution in [0.5, 0.6) is 0 Å². The summed E-state index contributed by atoms with van der Waals surface area (Å²) >= 11 is 0.724. The molecule has 4 nitrogen and oxygen atoms in total. The largest absolute Gasteiger partial charge is 0.452 e. The molecule has 1 aromatic rings. The van der Waals surface area contributed by atoms with E-state index in [1.54, 1.807) is 0 Å². The Morgan fingerprint density at radius 2 is 2.18 bits per heavy atom. The Morgan fingerprint density at radius 3 is 2.65 bits per heavy atom. The van der Waals surface area contributed by atoms with Crippen LogP contribution < -0.4 is 11.1 Å². The molecule has 17 heavy (non-hydrogen) atoms. The predicted octanol–water partition coefficient (Wildman–Crippen LogP) is 2.34. The van der Waals surface area contributed by atoms with E-state index in [0.29, 0.717) is 19.0 Å². The third-order valence-electron chi connectivity index (χ3n) is 2.37. The molecular weight excluding hydrogens is 253 g/mol. The third-order valence-corrected chi connectivity index (χ3v) is 3.05. The van der Waals surface area contributed by atoms with Gasteiger partial charge in [0.05, 0.1) is 0 Å². The van der Waals surface area contributed by atoms with Crippen LogP contribution in [-0.2, 0) is 6.18 Å². The molecule has 1 unspecified atom stereocenters. The van der Waals surface area contributed by atoms with Crippen LogP contribution in [0.2, 0.25) is 0 Å². The Labute approximate surface area is 102 Å². The number of alkyl halides is 3. The molecule has 1 rings (SSSR count). The van der Waals surface area contributed by atoms with Gasteiger partial charge in [-0.05, 0) is 18.9 Å². The van der Waals surface area contributed by atoms with Gasteiger partial charge in [-0.1, -0.05) is 13.3 Å². The van der Waals surface area contributed by atoms with E-state index in [4.69, 9.17) is 5.73 Å². The number of halogens is 3. The lowest BCUT2D eigenvalue weighted by Crippen LogP contribution is -2.17. The zero-order valence-electron chi connectivity index (χ0n) is 9.42. The molecule has 0 bridgehead atoms. The molecule has 0 amide bonds. The maximum Gasteiger partial charge on any atom is 0.452 e. The van der Waals surface area contributed by atoms with Crippen molar-refractivity contribution in [3.63, 3.8) is 0 Å². The van der Waals surface area contributed by atoms with Crippen molar-refractivity contribution in [2.24, 2.45) is 11.7 Å². The van der Waals surface area contributed by atoms with Gasteiger partial charge in [0.2, 0.25) is 11.0 Å². The molecule has 0 aliphatic carbocycles. The summed E-state index contributed by atoms with van der Waals surface area (Å²) in [6.45, 7) is 3.16. The molecule has 0 aliphatic heterocycles. The quantitative estimate of drug-likeness (QED) is 0.831. The number of rotatable bonds is 6. The Bertz CT molecular complexity index is 339. The van der Waals surface area contributed by atoms with E-state index < -0.39 is 12.0 Å². The van der Waals surface area contributed by atoms with Crippen molar-refractivity contribution in [3.05, 3.63) is 5.82 Å². The molecule has 0 saturated carbocycles. The van der Waals surface area contributed by atoms with Crippen molar-refractivity contribution in [3.8, 4) is 0 Å². The molecule has 98 valence electrons. The van der Waals surface area contributed by atoms with Gasteiger partial charge in [-0.25, -0.2) is 0 Å². The van der Waals surface area contributed by atoms with E-state index in [1.807, 2.05) is 6.92 Å². The Kier molecular flexibility index (Phi) is 5.13. The first kappa shape index (κ1) is 14.2. The van der Waals surface area contributed by atoms with Gasteiger partial charge in [-0.3, -0.25) is 0 Å². The lowest BCUT2D eigenvalue weighted by atomic mass is 10.0. The monoisotopic (exact) mass is 268 g/mol. The van der Waals surface area contributed by atoms with Crippen LogP contribution in [0.25, 0.3) is 0 Å². The van der Waals surface area contributed by atoms with Crippen molar-refractivity contribution >= 4 is 16.7 Å². The molecule has 1 aromatic heterocycles. The molecule has 0 saturated heterocycles. The first-order valence-electron chi connectivity index (χ1n) is 5.32. The normalized spacial score (nSPS) is 13.7. The van der Waals surface area contributed by atoms with E-state index in [0.717, 1.165) is 24.4 Å². The third kappa shape index (κ3) is 4.47. The average Bonchev–Trinajstić information content (AvgIpc) is 2.72. The molecule has 1 heterocycles. The predicted molar refractivity (Wildman–Crippen MR) is 60.9 cm³/mol. The van der Waals surface area contributed by atoms with Crippen LogP contribution in [0.4, 0.5) is 18.3 Å². The van der Waals surface area contributed by atoms with Crippen LogP contribution in [-0.4, -0.2) is 22.4 Å². The highest BCUT2D eigenvalue weighted by Crippen LogP contribution is 2.29. The second-order valence-electron chi connectivity index (χ2n) is 3.65. The molecule has 0 radical (unpaired) electrons. The van der Waals surface area contributed by atoms with Crippen molar-refractivity contribution in [2.75, 3.05) is 18.4 Å². The summed E-state index contributed by atoms with van der Waals surface area (Å²) < 4.78 is 39.9. The van der Waals surface area contributed by atoms with Crippen molar-refractivity contribution < 1.29 is 13.2 Å². The molecule has 8 heteroatoms. The van der Waals surface area contributed by atoms with E-state index in [-0.39, 0.29) is 5.13 Å². The first-order valence-corrected chi connectivity index (χ1v) is 6.09. The fourth-order valence-electron chi connectivity index (χ4n) is 1.33. The van der Waals surface area contributed by atoms with Crippen molar-refractivity contribution in [1.82, 2.24) is 9.36 Å². The molecule has 0 aliphatic rings. The number of hydrogen-bond acceptors (Lipinski definition) is 5. The highest BCUT2D eigenvalue weighted by molar-refractivity contribution is 7.09.